The lowest BCUT2D eigenvalue weighted by Crippen LogP contribution is -2.10. The Kier molecular flexibility index (Phi) is 41.0. The maximum Gasteiger partial charge on any atom is 0.306 e. The highest BCUT2D eigenvalue weighted by molar-refractivity contribution is 5.76. The van der Waals surface area contributed by atoms with Crippen LogP contribution in [-0.4, -0.2) is 48.6 Å². The van der Waals surface area contributed by atoms with Crippen molar-refractivity contribution in [3.63, 3.8) is 0 Å². The quantitative estimate of drug-likeness (QED) is 0.553. The smallest absolute Gasteiger partial charge is 0.306 e. The molecule has 0 spiro atoms. The van der Waals surface area contributed by atoms with Gasteiger partial charge in [0.1, 0.15) is 6.61 Å². The molecule has 0 aromatic rings. The number of aliphatic hydroxyl groups excluding tert-OH is 1. The molecule has 22 heavy (non-hydrogen) atoms. The second-order valence-electron chi connectivity index (χ2n) is 3.44. The first-order valence-electron chi connectivity index (χ1n) is 7.11. The molecule has 0 saturated carbocycles. The number of carbonyl (C=O) groups excluding carboxylic acids is 1. The summed E-state index contributed by atoms with van der Waals surface area (Å²) in [6.07, 6.45) is 3.12. The second-order valence-corrected chi connectivity index (χ2v) is 3.44. The van der Waals surface area contributed by atoms with Gasteiger partial charge in [0.2, 0.25) is 0 Å². The number of hydrogen-bond acceptors (Lipinski definition) is 5. The molecule has 6 heteroatoms. The summed E-state index contributed by atoms with van der Waals surface area (Å²) in [5, 5.41) is 16.3. The van der Waals surface area contributed by atoms with Gasteiger partial charge in [0, 0.05) is 13.2 Å². The van der Waals surface area contributed by atoms with Gasteiger partial charge in [-0.05, 0) is 27.7 Å². The minimum Gasteiger partial charge on any atom is -0.481 e. The highest BCUT2D eigenvalue weighted by atomic mass is 16.5. The molecule has 0 saturated heterocycles. The van der Waals surface area contributed by atoms with Crippen molar-refractivity contribution in [2.75, 3.05) is 26.4 Å². The van der Waals surface area contributed by atoms with E-state index in [-0.39, 0.29) is 26.1 Å². The van der Waals surface area contributed by atoms with E-state index in [1.807, 2.05) is 27.7 Å². The van der Waals surface area contributed by atoms with Crippen LogP contribution >= 0.6 is 0 Å². The van der Waals surface area contributed by atoms with Crippen molar-refractivity contribution in [1.82, 2.24) is 0 Å². The van der Waals surface area contributed by atoms with E-state index in [0.717, 1.165) is 13.2 Å². The van der Waals surface area contributed by atoms with E-state index in [0.29, 0.717) is 0 Å². The molecule has 0 amide bonds. The third-order valence-corrected chi connectivity index (χ3v) is 1.31. The fraction of sp³-hybridized carbons (Fsp3) is 0.625. The SMILES string of the molecule is C=CC.C=CC.CCOCC.O=C(O)CCC(=O)OCCO. The van der Waals surface area contributed by atoms with Crippen molar-refractivity contribution < 1.29 is 29.3 Å². The lowest BCUT2D eigenvalue weighted by Gasteiger charge is -1.99. The molecular weight excluding hydrogens is 288 g/mol. The molecule has 0 aliphatic rings. The molecule has 0 unspecified atom stereocenters. The average Bonchev–Trinajstić information content (AvgIpc) is 2.46. The molecule has 2 N–H and O–H groups in total. The Morgan fingerprint density at radius 2 is 1.45 bits per heavy atom. The molecule has 0 aromatic heterocycles. The molecule has 0 heterocycles. The van der Waals surface area contributed by atoms with E-state index < -0.39 is 11.9 Å². The van der Waals surface area contributed by atoms with E-state index in [9.17, 15) is 9.59 Å². The Balaban J connectivity index is -0.000000122. The zero-order valence-corrected chi connectivity index (χ0v) is 14.3. The van der Waals surface area contributed by atoms with Gasteiger partial charge in [-0.3, -0.25) is 9.59 Å². The highest BCUT2D eigenvalue weighted by Gasteiger charge is 2.05. The van der Waals surface area contributed by atoms with Crippen molar-refractivity contribution in [2.45, 2.75) is 40.5 Å². The van der Waals surface area contributed by atoms with Crippen molar-refractivity contribution in [3.8, 4) is 0 Å². The largest absolute Gasteiger partial charge is 0.481 e. The van der Waals surface area contributed by atoms with Crippen molar-refractivity contribution in [2.24, 2.45) is 0 Å². The van der Waals surface area contributed by atoms with Gasteiger partial charge in [0.05, 0.1) is 19.4 Å². The zero-order chi connectivity index (χ0) is 18.2. The summed E-state index contributed by atoms with van der Waals surface area (Å²) in [4.78, 5) is 20.4. The van der Waals surface area contributed by atoms with Gasteiger partial charge in [0.15, 0.2) is 0 Å². The van der Waals surface area contributed by atoms with Crippen LogP contribution in [0.5, 0.6) is 0 Å². The van der Waals surface area contributed by atoms with Crippen LogP contribution < -0.4 is 0 Å². The number of carbonyl (C=O) groups is 2. The summed E-state index contributed by atoms with van der Waals surface area (Å²) in [6.45, 7) is 15.9. The van der Waals surface area contributed by atoms with Crippen LogP contribution in [0.4, 0.5) is 0 Å². The molecule has 0 aliphatic carbocycles. The third-order valence-electron chi connectivity index (χ3n) is 1.31. The third kappa shape index (κ3) is 63.2. The van der Waals surface area contributed by atoms with E-state index >= 15 is 0 Å². The summed E-state index contributed by atoms with van der Waals surface area (Å²) >= 11 is 0. The van der Waals surface area contributed by atoms with Gasteiger partial charge in [-0.1, -0.05) is 12.2 Å². The number of aliphatic hydroxyl groups is 1. The Hall–Kier alpha value is -1.66. The summed E-state index contributed by atoms with van der Waals surface area (Å²) in [5.41, 5.74) is 0. The van der Waals surface area contributed by atoms with E-state index in [2.05, 4.69) is 17.9 Å². The molecule has 0 atom stereocenters. The molecule has 0 bridgehead atoms. The zero-order valence-electron chi connectivity index (χ0n) is 14.3. The van der Waals surface area contributed by atoms with Crippen molar-refractivity contribution >= 4 is 11.9 Å². The van der Waals surface area contributed by atoms with Gasteiger partial charge >= 0.3 is 11.9 Å². The predicted octanol–water partition coefficient (Wildman–Crippen LogP) is 2.81. The van der Waals surface area contributed by atoms with Crippen LogP contribution in [0.3, 0.4) is 0 Å². The fourth-order valence-corrected chi connectivity index (χ4v) is 0.645. The van der Waals surface area contributed by atoms with Crippen LogP contribution in [0.25, 0.3) is 0 Å². The van der Waals surface area contributed by atoms with E-state index in [4.69, 9.17) is 14.9 Å². The van der Waals surface area contributed by atoms with Gasteiger partial charge in [-0.25, -0.2) is 0 Å². The first-order chi connectivity index (χ1) is 10.4. The summed E-state index contributed by atoms with van der Waals surface area (Å²) < 4.78 is 9.22. The van der Waals surface area contributed by atoms with Gasteiger partial charge in [0.25, 0.3) is 0 Å². The summed E-state index contributed by atoms with van der Waals surface area (Å²) in [7, 11) is 0. The molecule has 0 radical (unpaired) electrons. The second kappa shape index (κ2) is 31.6. The molecular formula is C16H32O6. The van der Waals surface area contributed by atoms with Crippen molar-refractivity contribution in [1.29, 1.82) is 0 Å². The predicted molar refractivity (Wildman–Crippen MR) is 88.8 cm³/mol. The average molecular weight is 320 g/mol. The lowest BCUT2D eigenvalue weighted by molar-refractivity contribution is -0.148. The van der Waals surface area contributed by atoms with Gasteiger partial charge in [-0.2, -0.15) is 0 Å². The Labute approximate surface area is 134 Å². The maximum absolute atomic E-state index is 10.5. The number of aliphatic carboxylic acids is 1. The van der Waals surface area contributed by atoms with Gasteiger partial charge < -0.3 is 19.7 Å². The monoisotopic (exact) mass is 320 g/mol. The fourth-order valence-electron chi connectivity index (χ4n) is 0.645. The number of esters is 1. The molecule has 0 aromatic carbocycles. The maximum atomic E-state index is 10.5. The summed E-state index contributed by atoms with van der Waals surface area (Å²) in [5.74, 6) is -1.63. The first kappa shape index (κ1) is 28.5. The van der Waals surface area contributed by atoms with E-state index in [1.165, 1.54) is 0 Å². The van der Waals surface area contributed by atoms with Crippen LogP contribution in [0, 0.1) is 0 Å². The molecule has 6 nitrogen and oxygen atoms in total. The summed E-state index contributed by atoms with van der Waals surface area (Å²) in [6, 6.07) is 0. The van der Waals surface area contributed by atoms with Crippen LogP contribution in [0.15, 0.2) is 25.3 Å². The Bertz CT molecular complexity index is 243. The van der Waals surface area contributed by atoms with Crippen LogP contribution in [0.2, 0.25) is 0 Å². The number of rotatable bonds is 7. The number of carboxylic acids is 1. The van der Waals surface area contributed by atoms with Crippen LogP contribution in [0.1, 0.15) is 40.5 Å². The number of carboxylic acid groups (broad SMARTS) is 1. The highest BCUT2D eigenvalue weighted by Crippen LogP contribution is 1.91. The molecule has 0 aliphatic heterocycles. The van der Waals surface area contributed by atoms with E-state index in [1.54, 1.807) is 12.2 Å². The Morgan fingerprint density at radius 1 is 1.05 bits per heavy atom. The molecule has 132 valence electrons. The number of allylic oxidation sites excluding steroid dienone is 2. The molecule has 0 fully saturated rings. The Morgan fingerprint density at radius 3 is 1.68 bits per heavy atom. The number of ether oxygens (including phenoxy) is 2. The van der Waals surface area contributed by atoms with Gasteiger partial charge in [-0.15, -0.1) is 13.2 Å². The minimum absolute atomic E-state index is 0.0710. The van der Waals surface area contributed by atoms with Crippen molar-refractivity contribution in [3.05, 3.63) is 25.3 Å². The van der Waals surface area contributed by atoms with Crippen LogP contribution in [-0.2, 0) is 19.1 Å². The normalized spacial score (nSPS) is 7.68. The number of hydrogen-bond donors (Lipinski definition) is 2. The molecule has 0 rings (SSSR count). The first-order valence-corrected chi connectivity index (χ1v) is 7.11. The topological polar surface area (TPSA) is 93.1 Å². The minimum atomic E-state index is -1.04. The lowest BCUT2D eigenvalue weighted by atomic mass is 10.3. The standard InChI is InChI=1S/C6H10O5.C4H10O.2C3H6/c7-3-4-11-6(10)2-1-5(8)9;1-3-5-4-2;2*1-3-2/h7H,1-4H2,(H,8,9);3-4H2,1-2H3;2*3H,1H2,2H3.